The summed E-state index contributed by atoms with van der Waals surface area (Å²) in [6, 6.07) is 8.97. The molecule has 0 aliphatic carbocycles. The molecule has 0 radical (unpaired) electrons. The molecular weight excluding hydrogens is 208 g/mol. The Labute approximate surface area is 93.4 Å². The summed E-state index contributed by atoms with van der Waals surface area (Å²) in [6.45, 7) is 0. The number of benzene rings is 1. The highest BCUT2D eigenvalue weighted by atomic mass is 16.7. The normalized spacial score (nSPS) is 14.2. The Hall–Kier alpha value is -1.97. The molecule has 0 atom stereocenters. The molecule has 0 amide bonds. The third-order valence-electron chi connectivity index (χ3n) is 2.08. The molecule has 0 bridgehead atoms. The topological polar surface area (TPSA) is 44.8 Å². The van der Waals surface area contributed by atoms with Gasteiger partial charge in [-0.05, 0) is 12.1 Å². The monoisotopic (exact) mass is 220 g/mol. The van der Waals surface area contributed by atoms with E-state index in [2.05, 4.69) is 0 Å². The smallest absolute Gasteiger partial charge is 0.311 e. The average Bonchev–Trinajstić information content (AvgIpc) is 2.81. The van der Waals surface area contributed by atoms with Crippen molar-refractivity contribution in [1.29, 1.82) is 0 Å². The van der Waals surface area contributed by atoms with Gasteiger partial charge in [0.15, 0.2) is 0 Å². The molecule has 0 saturated carbocycles. The minimum atomic E-state index is -0.358. The van der Waals surface area contributed by atoms with Crippen LogP contribution in [0.5, 0.6) is 5.75 Å². The van der Waals surface area contributed by atoms with E-state index in [1.54, 1.807) is 12.1 Å². The zero-order chi connectivity index (χ0) is 11.2. The van der Waals surface area contributed by atoms with E-state index in [9.17, 15) is 4.79 Å². The van der Waals surface area contributed by atoms with Crippen LogP contribution in [-0.4, -0.2) is 12.3 Å². The molecule has 0 spiro atoms. The van der Waals surface area contributed by atoms with E-state index >= 15 is 0 Å². The first-order valence-electron chi connectivity index (χ1n) is 5.06. The lowest BCUT2D eigenvalue weighted by Gasteiger charge is -2.09. The molecule has 4 nitrogen and oxygen atoms in total. The maximum Gasteiger partial charge on any atom is 0.311 e. The Kier molecular flexibility index (Phi) is 3.43. The van der Waals surface area contributed by atoms with Gasteiger partial charge in [0, 0.05) is 6.42 Å². The van der Waals surface area contributed by atoms with Gasteiger partial charge in [0.2, 0.25) is 6.29 Å². The zero-order valence-electron chi connectivity index (χ0n) is 8.67. The second-order valence-corrected chi connectivity index (χ2v) is 3.30. The zero-order valence-corrected chi connectivity index (χ0v) is 8.67. The summed E-state index contributed by atoms with van der Waals surface area (Å²) in [7, 11) is 0. The van der Waals surface area contributed by atoms with E-state index in [1.165, 1.54) is 12.5 Å². The van der Waals surface area contributed by atoms with Gasteiger partial charge in [-0.15, -0.1) is 0 Å². The highest BCUT2D eigenvalue weighted by molar-refractivity contribution is 5.72. The quantitative estimate of drug-likeness (QED) is 0.576. The fourth-order valence-corrected chi connectivity index (χ4v) is 1.31. The van der Waals surface area contributed by atoms with Gasteiger partial charge in [-0.1, -0.05) is 18.2 Å². The molecule has 0 unspecified atom stereocenters. The Morgan fingerprint density at radius 1 is 1.19 bits per heavy atom. The van der Waals surface area contributed by atoms with Crippen molar-refractivity contribution >= 4 is 5.97 Å². The number of para-hydroxylation sites is 1. The Morgan fingerprint density at radius 2 is 1.88 bits per heavy atom. The molecular formula is C12H12O4. The van der Waals surface area contributed by atoms with Crippen LogP contribution in [0.2, 0.25) is 0 Å². The first-order chi connectivity index (χ1) is 7.84. The average molecular weight is 220 g/mol. The van der Waals surface area contributed by atoms with Crippen LogP contribution in [-0.2, 0) is 14.3 Å². The summed E-state index contributed by atoms with van der Waals surface area (Å²) in [6.07, 6.45) is 3.32. The predicted molar refractivity (Wildman–Crippen MR) is 56.4 cm³/mol. The van der Waals surface area contributed by atoms with Crippen LogP contribution in [0.1, 0.15) is 12.8 Å². The first kappa shape index (κ1) is 10.5. The number of hydrogen-bond acceptors (Lipinski definition) is 4. The highest BCUT2D eigenvalue weighted by Gasteiger charge is 2.15. The van der Waals surface area contributed by atoms with E-state index in [4.69, 9.17) is 14.2 Å². The molecule has 1 aromatic rings. The van der Waals surface area contributed by atoms with Crippen LogP contribution >= 0.6 is 0 Å². The molecule has 0 N–H and O–H groups in total. The number of ether oxygens (including phenoxy) is 3. The van der Waals surface area contributed by atoms with Crippen LogP contribution < -0.4 is 4.74 Å². The number of rotatable bonds is 4. The summed E-state index contributed by atoms with van der Waals surface area (Å²) in [5.41, 5.74) is 0. The van der Waals surface area contributed by atoms with Crippen molar-refractivity contribution in [2.24, 2.45) is 0 Å². The van der Waals surface area contributed by atoms with Gasteiger partial charge in [-0.3, -0.25) is 4.79 Å². The summed E-state index contributed by atoms with van der Waals surface area (Å²) in [4.78, 5) is 11.4. The van der Waals surface area contributed by atoms with Crippen molar-refractivity contribution in [2.45, 2.75) is 19.1 Å². The maximum absolute atomic E-state index is 11.4. The molecule has 2 rings (SSSR count). The van der Waals surface area contributed by atoms with Crippen molar-refractivity contribution in [3.8, 4) is 5.75 Å². The van der Waals surface area contributed by atoms with Gasteiger partial charge < -0.3 is 14.2 Å². The van der Waals surface area contributed by atoms with Gasteiger partial charge in [-0.2, -0.15) is 0 Å². The number of hydrogen-bond donors (Lipinski definition) is 0. The lowest BCUT2D eigenvalue weighted by molar-refractivity contribution is -0.136. The predicted octanol–water partition coefficient (Wildman–Crippen LogP) is 2.22. The summed E-state index contributed by atoms with van der Waals surface area (Å²) >= 11 is 0. The third-order valence-corrected chi connectivity index (χ3v) is 2.08. The second-order valence-electron chi connectivity index (χ2n) is 3.30. The summed E-state index contributed by atoms with van der Waals surface area (Å²) < 4.78 is 15.2. The van der Waals surface area contributed by atoms with Crippen molar-refractivity contribution in [3.63, 3.8) is 0 Å². The fraction of sp³-hybridized carbons (Fsp3) is 0.250. The Morgan fingerprint density at radius 3 is 2.56 bits per heavy atom. The maximum atomic E-state index is 11.4. The van der Waals surface area contributed by atoms with E-state index in [0.29, 0.717) is 12.2 Å². The molecule has 0 aromatic heterocycles. The van der Waals surface area contributed by atoms with Crippen molar-refractivity contribution in [1.82, 2.24) is 0 Å². The second kappa shape index (κ2) is 5.21. The standard InChI is InChI=1S/C12H12O4/c13-11(6-7-12-14-8-9-15-12)16-10-4-2-1-3-5-10/h1-5,8-9,12H,6-7H2. The summed E-state index contributed by atoms with van der Waals surface area (Å²) in [5, 5.41) is 0. The molecule has 16 heavy (non-hydrogen) atoms. The van der Waals surface area contributed by atoms with Crippen LogP contribution in [0.25, 0.3) is 0 Å². The minimum Gasteiger partial charge on any atom is -0.459 e. The molecule has 1 aromatic carbocycles. The minimum absolute atomic E-state index is 0.265. The summed E-state index contributed by atoms with van der Waals surface area (Å²) in [5.74, 6) is 0.268. The molecule has 4 heteroatoms. The van der Waals surface area contributed by atoms with Crippen molar-refractivity contribution in [2.75, 3.05) is 0 Å². The number of esters is 1. The van der Waals surface area contributed by atoms with E-state index in [0.717, 1.165) is 0 Å². The van der Waals surface area contributed by atoms with Crippen molar-refractivity contribution in [3.05, 3.63) is 42.9 Å². The van der Waals surface area contributed by atoms with Gasteiger partial charge in [0.05, 0.1) is 6.42 Å². The van der Waals surface area contributed by atoms with E-state index in [1.807, 2.05) is 18.2 Å². The lowest BCUT2D eigenvalue weighted by atomic mass is 10.3. The largest absolute Gasteiger partial charge is 0.459 e. The molecule has 84 valence electrons. The van der Waals surface area contributed by atoms with E-state index in [-0.39, 0.29) is 18.7 Å². The third kappa shape index (κ3) is 3.02. The van der Waals surface area contributed by atoms with Crippen LogP contribution in [0.3, 0.4) is 0 Å². The van der Waals surface area contributed by atoms with Gasteiger partial charge in [0.1, 0.15) is 18.3 Å². The van der Waals surface area contributed by atoms with Crippen molar-refractivity contribution < 1.29 is 19.0 Å². The van der Waals surface area contributed by atoms with Gasteiger partial charge in [0.25, 0.3) is 0 Å². The van der Waals surface area contributed by atoms with Gasteiger partial charge >= 0.3 is 5.97 Å². The molecule has 0 saturated heterocycles. The van der Waals surface area contributed by atoms with Gasteiger partial charge in [-0.25, -0.2) is 0 Å². The SMILES string of the molecule is O=C(CCC1OC=CO1)Oc1ccccc1. The van der Waals surface area contributed by atoms with E-state index < -0.39 is 0 Å². The lowest BCUT2D eigenvalue weighted by Crippen LogP contribution is -2.14. The highest BCUT2D eigenvalue weighted by Crippen LogP contribution is 2.13. The molecule has 0 fully saturated rings. The Bertz CT molecular complexity index is 364. The van der Waals surface area contributed by atoms with Crippen LogP contribution in [0.15, 0.2) is 42.9 Å². The van der Waals surface area contributed by atoms with Crippen LogP contribution in [0, 0.1) is 0 Å². The Balaban J connectivity index is 1.72. The molecule has 1 aliphatic heterocycles. The van der Waals surface area contributed by atoms with Crippen LogP contribution in [0.4, 0.5) is 0 Å². The first-order valence-corrected chi connectivity index (χ1v) is 5.06. The molecule has 1 aliphatic rings. The number of carbonyl (C=O) groups excluding carboxylic acids is 1. The fourth-order valence-electron chi connectivity index (χ4n) is 1.31. The number of carbonyl (C=O) groups is 1. The molecule has 1 heterocycles.